The molecular formula is C35H34O7. The number of carbonyl (C=O) groups is 1. The van der Waals surface area contributed by atoms with Crippen molar-refractivity contribution < 1.29 is 33.6 Å². The van der Waals surface area contributed by atoms with Gasteiger partial charge in [0.05, 0.1) is 38.8 Å². The molecule has 1 fully saturated rings. The van der Waals surface area contributed by atoms with Crippen molar-refractivity contribution in [3.05, 3.63) is 119 Å². The number of aliphatic hydroxyl groups is 1. The van der Waals surface area contributed by atoms with E-state index in [2.05, 4.69) is 0 Å². The molecule has 1 aliphatic heterocycles. The number of hydrogen-bond donors (Lipinski definition) is 1. The second-order valence-corrected chi connectivity index (χ2v) is 10.9. The fraction of sp³-hybridized carbons (Fsp3) is 0.286. The first-order chi connectivity index (χ1) is 20.4. The monoisotopic (exact) mass is 566 g/mol. The fourth-order valence-corrected chi connectivity index (χ4v) is 7.04. The molecule has 1 aliphatic carbocycles. The molecule has 42 heavy (non-hydrogen) atoms. The number of carbonyl (C=O) groups excluding carboxylic acids is 1. The van der Waals surface area contributed by atoms with Crippen molar-refractivity contribution >= 4 is 5.97 Å². The Balaban J connectivity index is 1.58. The summed E-state index contributed by atoms with van der Waals surface area (Å²) in [7, 11) is 4.54. The van der Waals surface area contributed by atoms with Gasteiger partial charge in [-0.1, -0.05) is 72.8 Å². The van der Waals surface area contributed by atoms with Crippen LogP contribution in [0.4, 0.5) is 0 Å². The number of hydrogen-bond acceptors (Lipinski definition) is 7. The Morgan fingerprint density at radius 1 is 0.857 bits per heavy atom. The number of esters is 1. The van der Waals surface area contributed by atoms with Crippen LogP contribution in [0.3, 0.4) is 0 Å². The van der Waals surface area contributed by atoms with Gasteiger partial charge in [0.2, 0.25) is 0 Å². The molecule has 4 aromatic rings. The van der Waals surface area contributed by atoms with E-state index >= 15 is 0 Å². The van der Waals surface area contributed by atoms with Crippen LogP contribution in [-0.4, -0.2) is 38.5 Å². The van der Waals surface area contributed by atoms with E-state index in [1.165, 1.54) is 7.11 Å². The lowest BCUT2D eigenvalue weighted by atomic mass is 9.64. The summed E-state index contributed by atoms with van der Waals surface area (Å²) < 4.78 is 30.0. The third kappa shape index (κ3) is 4.02. The van der Waals surface area contributed by atoms with Gasteiger partial charge in [-0.15, -0.1) is 0 Å². The second kappa shape index (κ2) is 10.7. The summed E-state index contributed by atoms with van der Waals surface area (Å²) >= 11 is 0. The van der Waals surface area contributed by atoms with Gasteiger partial charge in [0.15, 0.2) is 5.60 Å². The van der Waals surface area contributed by atoms with Crippen LogP contribution in [0.5, 0.6) is 23.0 Å². The molecule has 0 saturated heterocycles. The van der Waals surface area contributed by atoms with Crippen molar-refractivity contribution in [1.29, 1.82) is 0 Å². The first-order valence-corrected chi connectivity index (χ1v) is 13.9. The lowest BCUT2D eigenvalue weighted by Crippen LogP contribution is -2.50. The summed E-state index contributed by atoms with van der Waals surface area (Å²) in [4.78, 5) is 13.5. The molecule has 0 radical (unpaired) electrons. The van der Waals surface area contributed by atoms with Crippen LogP contribution in [0.2, 0.25) is 0 Å². The van der Waals surface area contributed by atoms with Crippen molar-refractivity contribution in [3.63, 3.8) is 0 Å². The summed E-state index contributed by atoms with van der Waals surface area (Å²) in [5.41, 5.74) is 0.991. The Bertz CT molecular complexity index is 1570. The largest absolute Gasteiger partial charge is 0.497 e. The SMILES string of the molecule is COC(=O)[C@H]1[C@@H](O)C2(C)c3c(OC)cc(OCc4ccccc4)cc3O[C@@]2(c2ccc(OC)cc2)[C@@H]1c1ccccc1. The number of ether oxygens (including phenoxy) is 5. The maximum atomic E-state index is 13.5. The molecule has 1 saturated carbocycles. The van der Waals surface area contributed by atoms with Gasteiger partial charge in [0.25, 0.3) is 0 Å². The quantitative estimate of drug-likeness (QED) is 0.271. The molecule has 0 aromatic heterocycles. The maximum Gasteiger partial charge on any atom is 0.312 e. The minimum atomic E-state index is -1.22. The summed E-state index contributed by atoms with van der Waals surface area (Å²) in [5, 5.41) is 12.3. The number of aliphatic hydroxyl groups excluding tert-OH is 1. The highest BCUT2D eigenvalue weighted by Gasteiger charge is 2.76. The minimum absolute atomic E-state index is 0.364. The summed E-state index contributed by atoms with van der Waals surface area (Å²) in [6.45, 7) is 2.31. The third-order valence-corrected chi connectivity index (χ3v) is 8.95. The Labute approximate surface area is 245 Å². The number of fused-ring (bicyclic) bond motifs is 3. The smallest absolute Gasteiger partial charge is 0.312 e. The van der Waals surface area contributed by atoms with Crippen LogP contribution >= 0.6 is 0 Å². The van der Waals surface area contributed by atoms with Crippen LogP contribution in [0, 0.1) is 5.92 Å². The molecule has 7 nitrogen and oxygen atoms in total. The summed E-state index contributed by atoms with van der Waals surface area (Å²) in [6, 6.07) is 30.8. The number of rotatable bonds is 8. The zero-order valence-electron chi connectivity index (χ0n) is 24.1. The molecule has 7 heteroatoms. The Hall–Kier alpha value is -4.49. The standard InChI is InChI=1S/C35H34O7/c1-34-31-27(39-3)19-26(41-21-22-11-7-5-8-12-22)20-28(31)42-35(34,24-15-17-25(38-2)18-16-24)30(23-13-9-6-10-14-23)29(32(34)36)33(37)40-4/h5-20,29-30,32,36H,21H2,1-4H3/t29-,30-,32-,34?,35+/m1/s1. The van der Waals surface area contributed by atoms with Gasteiger partial charge in [-0.2, -0.15) is 0 Å². The van der Waals surface area contributed by atoms with E-state index in [0.29, 0.717) is 35.2 Å². The first-order valence-electron chi connectivity index (χ1n) is 13.9. The van der Waals surface area contributed by atoms with Gasteiger partial charge < -0.3 is 28.8 Å². The van der Waals surface area contributed by atoms with Crippen molar-refractivity contribution in [1.82, 2.24) is 0 Å². The Morgan fingerprint density at radius 2 is 1.52 bits per heavy atom. The molecule has 4 aromatic carbocycles. The van der Waals surface area contributed by atoms with Gasteiger partial charge in [0, 0.05) is 23.6 Å². The lowest BCUT2D eigenvalue weighted by Gasteiger charge is -2.42. The average molecular weight is 567 g/mol. The van der Waals surface area contributed by atoms with Gasteiger partial charge in [-0.25, -0.2) is 0 Å². The van der Waals surface area contributed by atoms with E-state index in [0.717, 1.165) is 16.7 Å². The van der Waals surface area contributed by atoms with Crippen molar-refractivity contribution in [3.8, 4) is 23.0 Å². The molecule has 1 unspecified atom stereocenters. The Morgan fingerprint density at radius 3 is 2.14 bits per heavy atom. The van der Waals surface area contributed by atoms with Crippen LogP contribution in [-0.2, 0) is 27.2 Å². The lowest BCUT2D eigenvalue weighted by molar-refractivity contribution is -0.149. The molecular weight excluding hydrogens is 532 g/mol. The zero-order valence-corrected chi connectivity index (χ0v) is 24.1. The molecule has 5 atom stereocenters. The predicted molar refractivity (Wildman–Crippen MR) is 157 cm³/mol. The Kier molecular flexibility index (Phi) is 7.07. The molecule has 2 aliphatic rings. The highest BCUT2D eigenvalue weighted by Crippen LogP contribution is 2.71. The van der Waals surface area contributed by atoms with E-state index in [9.17, 15) is 9.90 Å². The molecule has 0 bridgehead atoms. The second-order valence-electron chi connectivity index (χ2n) is 10.9. The van der Waals surface area contributed by atoms with E-state index in [1.54, 1.807) is 14.2 Å². The van der Waals surface area contributed by atoms with Crippen molar-refractivity contribution in [2.45, 2.75) is 36.6 Å². The van der Waals surface area contributed by atoms with Gasteiger partial charge in [-0.3, -0.25) is 4.79 Å². The van der Waals surface area contributed by atoms with Crippen molar-refractivity contribution in [2.75, 3.05) is 21.3 Å². The number of methoxy groups -OCH3 is 3. The molecule has 216 valence electrons. The zero-order chi connectivity index (χ0) is 29.5. The van der Waals surface area contributed by atoms with E-state index < -0.39 is 34.9 Å². The average Bonchev–Trinajstić information content (AvgIpc) is 3.42. The topological polar surface area (TPSA) is 83.5 Å². The van der Waals surface area contributed by atoms with Gasteiger partial charge in [0.1, 0.15) is 29.6 Å². The fourth-order valence-electron chi connectivity index (χ4n) is 7.04. The van der Waals surface area contributed by atoms with Crippen LogP contribution in [0.15, 0.2) is 97.1 Å². The van der Waals surface area contributed by atoms with E-state index in [4.69, 9.17) is 23.7 Å². The van der Waals surface area contributed by atoms with E-state index in [1.807, 2.05) is 104 Å². The van der Waals surface area contributed by atoms with E-state index in [-0.39, 0.29) is 0 Å². The molecule has 1 N–H and O–H groups in total. The van der Waals surface area contributed by atoms with Crippen LogP contribution < -0.4 is 18.9 Å². The van der Waals surface area contributed by atoms with Crippen molar-refractivity contribution in [2.24, 2.45) is 5.92 Å². The van der Waals surface area contributed by atoms with Crippen LogP contribution in [0.25, 0.3) is 0 Å². The third-order valence-electron chi connectivity index (χ3n) is 8.95. The predicted octanol–water partition coefficient (Wildman–Crippen LogP) is 5.78. The first kappa shape index (κ1) is 27.7. The molecule has 0 amide bonds. The maximum absolute atomic E-state index is 13.5. The summed E-state index contributed by atoms with van der Waals surface area (Å²) in [6.07, 6.45) is -1.18. The highest BCUT2D eigenvalue weighted by molar-refractivity contribution is 5.78. The van der Waals surface area contributed by atoms with Gasteiger partial charge in [-0.05, 0) is 35.7 Å². The van der Waals surface area contributed by atoms with Crippen LogP contribution in [0.1, 0.15) is 35.1 Å². The normalized spacial score (nSPS) is 25.6. The molecule has 0 spiro atoms. The highest BCUT2D eigenvalue weighted by atomic mass is 16.5. The van der Waals surface area contributed by atoms with Gasteiger partial charge >= 0.3 is 5.97 Å². The summed E-state index contributed by atoms with van der Waals surface area (Å²) in [5.74, 6) is 0.247. The minimum Gasteiger partial charge on any atom is -0.497 e. The number of benzene rings is 4. The molecule has 6 rings (SSSR count). The molecule has 1 heterocycles.